The quantitative estimate of drug-likeness (QED) is 0.771. The number of carbonyl (C=O) groups is 1. The van der Waals surface area contributed by atoms with Crippen molar-refractivity contribution in [2.45, 2.75) is 13.3 Å². The Morgan fingerprint density at radius 1 is 1.29 bits per heavy atom. The lowest BCUT2D eigenvalue weighted by Gasteiger charge is -1.98. The summed E-state index contributed by atoms with van der Waals surface area (Å²) < 4.78 is 0.807. The molecule has 1 heterocycles. The van der Waals surface area contributed by atoms with Crippen LogP contribution in [0.5, 0.6) is 0 Å². The highest BCUT2D eigenvalue weighted by atomic mass is 35.5. The lowest BCUT2D eigenvalue weighted by atomic mass is 10.1. The van der Waals surface area contributed by atoms with Crippen molar-refractivity contribution in [3.05, 3.63) is 63.1 Å². The predicted octanol–water partition coefficient (Wildman–Crippen LogP) is 4.55. The Balaban J connectivity index is 1.99. The van der Waals surface area contributed by atoms with Gasteiger partial charge in [0, 0.05) is 6.42 Å². The van der Waals surface area contributed by atoms with Crippen molar-refractivity contribution >= 4 is 39.1 Å². The maximum atomic E-state index is 11.1. The van der Waals surface area contributed by atoms with E-state index in [0.29, 0.717) is 10.5 Å². The average molecular weight is 318 g/mol. The molecule has 0 aliphatic carbocycles. The lowest BCUT2D eigenvalue weighted by molar-refractivity contribution is 0.0697. The Morgan fingerprint density at radius 3 is 2.67 bits per heavy atom. The van der Waals surface area contributed by atoms with E-state index in [2.05, 4.69) is 36.2 Å². The topological polar surface area (TPSA) is 50.2 Å². The molecule has 0 aliphatic rings. The van der Waals surface area contributed by atoms with Crippen LogP contribution in [0, 0.1) is 6.92 Å². The highest BCUT2D eigenvalue weighted by Crippen LogP contribution is 2.30. The van der Waals surface area contributed by atoms with E-state index >= 15 is 0 Å². The maximum absolute atomic E-state index is 11.1. The number of fused-ring (bicyclic) bond motifs is 1. The summed E-state index contributed by atoms with van der Waals surface area (Å²) in [6, 6.07) is 11.4. The van der Waals surface area contributed by atoms with Gasteiger partial charge in [0.2, 0.25) is 0 Å². The molecule has 0 radical (unpaired) electrons. The zero-order valence-corrected chi connectivity index (χ0v) is 12.8. The van der Waals surface area contributed by atoms with Gasteiger partial charge >= 0.3 is 5.97 Å². The van der Waals surface area contributed by atoms with E-state index in [1.807, 2.05) is 0 Å². The molecule has 3 nitrogen and oxygen atoms in total. The molecule has 21 heavy (non-hydrogen) atoms. The molecule has 0 unspecified atom stereocenters. The highest BCUT2D eigenvalue weighted by molar-refractivity contribution is 7.18. The molecular formula is C16H12ClNO2S. The minimum atomic E-state index is -0.979. The summed E-state index contributed by atoms with van der Waals surface area (Å²) >= 11 is 7.61. The van der Waals surface area contributed by atoms with Crippen LogP contribution in [0.2, 0.25) is 5.02 Å². The molecule has 1 aromatic heterocycles. The summed E-state index contributed by atoms with van der Waals surface area (Å²) in [7, 11) is 0. The van der Waals surface area contributed by atoms with Gasteiger partial charge in [-0.15, -0.1) is 11.3 Å². The van der Waals surface area contributed by atoms with Crippen molar-refractivity contribution in [3.63, 3.8) is 0 Å². The number of thiazole rings is 1. The SMILES string of the molecule is Cc1ccc(Cc2nc3c(Cl)cc(C(=O)O)cc3s2)cc1. The van der Waals surface area contributed by atoms with E-state index < -0.39 is 5.97 Å². The fraction of sp³-hybridized carbons (Fsp3) is 0.125. The highest BCUT2D eigenvalue weighted by Gasteiger charge is 2.12. The molecule has 0 saturated heterocycles. The number of nitrogens with zero attached hydrogens (tertiary/aromatic N) is 1. The van der Waals surface area contributed by atoms with Crippen LogP contribution in [0.4, 0.5) is 0 Å². The first kappa shape index (κ1) is 14.0. The van der Waals surface area contributed by atoms with E-state index in [9.17, 15) is 4.79 Å². The van der Waals surface area contributed by atoms with Gasteiger partial charge in [0.1, 0.15) is 5.52 Å². The summed E-state index contributed by atoms with van der Waals surface area (Å²) in [5.41, 5.74) is 3.26. The van der Waals surface area contributed by atoms with Crippen molar-refractivity contribution < 1.29 is 9.90 Å². The second kappa shape index (κ2) is 5.47. The van der Waals surface area contributed by atoms with Gasteiger partial charge in [0.15, 0.2) is 0 Å². The zero-order valence-electron chi connectivity index (χ0n) is 11.3. The molecule has 1 N–H and O–H groups in total. The van der Waals surface area contributed by atoms with Crippen LogP contribution in [-0.4, -0.2) is 16.1 Å². The molecule has 3 rings (SSSR count). The number of aryl methyl sites for hydroxylation is 1. The van der Waals surface area contributed by atoms with Crippen LogP contribution in [0.15, 0.2) is 36.4 Å². The normalized spacial score (nSPS) is 11.0. The molecule has 0 fully saturated rings. The van der Waals surface area contributed by atoms with Crippen LogP contribution in [-0.2, 0) is 6.42 Å². The molecule has 0 aliphatic heterocycles. The Bertz CT molecular complexity index is 824. The smallest absolute Gasteiger partial charge is 0.335 e. The molecule has 5 heteroatoms. The molecule has 106 valence electrons. The van der Waals surface area contributed by atoms with Gasteiger partial charge in [-0.05, 0) is 24.6 Å². The molecule has 0 saturated carbocycles. The number of benzene rings is 2. The zero-order chi connectivity index (χ0) is 15.0. The van der Waals surface area contributed by atoms with Crippen LogP contribution < -0.4 is 0 Å². The summed E-state index contributed by atoms with van der Waals surface area (Å²) in [5.74, 6) is -0.979. The van der Waals surface area contributed by atoms with Gasteiger partial charge in [-0.25, -0.2) is 9.78 Å². The van der Waals surface area contributed by atoms with Crippen molar-refractivity contribution in [2.75, 3.05) is 0 Å². The van der Waals surface area contributed by atoms with E-state index in [-0.39, 0.29) is 5.56 Å². The molecule has 2 aromatic carbocycles. The minimum Gasteiger partial charge on any atom is -0.478 e. The number of hydrogen-bond donors (Lipinski definition) is 1. The molecule has 0 atom stereocenters. The van der Waals surface area contributed by atoms with Gasteiger partial charge in [-0.3, -0.25) is 0 Å². The first-order valence-electron chi connectivity index (χ1n) is 6.41. The molecular weight excluding hydrogens is 306 g/mol. The summed E-state index contributed by atoms with van der Waals surface area (Å²) in [6.45, 7) is 2.05. The predicted molar refractivity (Wildman–Crippen MR) is 85.6 cm³/mol. The first-order chi connectivity index (χ1) is 10.0. The summed E-state index contributed by atoms with van der Waals surface area (Å²) in [6.07, 6.45) is 0.721. The minimum absolute atomic E-state index is 0.193. The first-order valence-corrected chi connectivity index (χ1v) is 7.60. The van der Waals surface area contributed by atoms with Crippen LogP contribution in [0.25, 0.3) is 10.2 Å². The lowest BCUT2D eigenvalue weighted by Crippen LogP contribution is -1.95. The van der Waals surface area contributed by atoms with Crippen molar-refractivity contribution in [3.8, 4) is 0 Å². The Hall–Kier alpha value is -1.91. The van der Waals surface area contributed by atoms with Crippen LogP contribution in [0.1, 0.15) is 26.5 Å². The van der Waals surface area contributed by atoms with Crippen LogP contribution in [0.3, 0.4) is 0 Å². The van der Waals surface area contributed by atoms with Crippen LogP contribution >= 0.6 is 22.9 Å². The van der Waals surface area contributed by atoms with Gasteiger partial charge in [0.25, 0.3) is 0 Å². The van der Waals surface area contributed by atoms with Gasteiger partial charge in [0.05, 0.1) is 20.3 Å². The number of carboxylic acid groups (broad SMARTS) is 1. The van der Waals surface area contributed by atoms with Gasteiger partial charge in [-0.2, -0.15) is 0 Å². The molecule has 0 amide bonds. The van der Waals surface area contributed by atoms with Crippen molar-refractivity contribution in [1.82, 2.24) is 4.98 Å². The van der Waals surface area contributed by atoms with Gasteiger partial charge in [-0.1, -0.05) is 41.4 Å². The fourth-order valence-corrected chi connectivity index (χ4v) is 3.50. The average Bonchev–Trinajstić information content (AvgIpc) is 2.84. The molecule has 0 spiro atoms. The number of aromatic nitrogens is 1. The largest absolute Gasteiger partial charge is 0.478 e. The summed E-state index contributed by atoms with van der Waals surface area (Å²) in [4.78, 5) is 15.6. The Labute approximate surface area is 130 Å². The van der Waals surface area contributed by atoms with E-state index in [0.717, 1.165) is 16.1 Å². The monoisotopic (exact) mass is 317 g/mol. The third kappa shape index (κ3) is 2.91. The molecule has 0 bridgehead atoms. The van der Waals surface area contributed by atoms with E-state index in [4.69, 9.17) is 16.7 Å². The van der Waals surface area contributed by atoms with E-state index in [1.165, 1.54) is 28.5 Å². The number of hydrogen-bond acceptors (Lipinski definition) is 3. The van der Waals surface area contributed by atoms with Crippen molar-refractivity contribution in [1.29, 1.82) is 0 Å². The van der Waals surface area contributed by atoms with Crippen molar-refractivity contribution in [2.24, 2.45) is 0 Å². The summed E-state index contributed by atoms with van der Waals surface area (Å²) in [5, 5.41) is 10.4. The molecule has 3 aromatic rings. The Kier molecular flexibility index (Phi) is 3.66. The second-order valence-electron chi connectivity index (χ2n) is 4.88. The second-order valence-corrected chi connectivity index (χ2v) is 6.40. The standard InChI is InChI=1S/C16H12ClNO2S/c1-9-2-4-10(5-3-9)6-14-18-15-12(17)7-11(16(19)20)8-13(15)21-14/h2-5,7-8H,6H2,1H3,(H,19,20). The number of aromatic carboxylic acids is 1. The fourth-order valence-electron chi connectivity index (χ4n) is 2.11. The number of carboxylic acids is 1. The van der Waals surface area contributed by atoms with Gasteiger partial charge < -0.3 is 5.11 Å². The maximum Gasteiger partial charge on any atom is 0.335 e. The number of halogens is 1. The third-order valence-electron chi connectivity index (χ3n) is 3.22. The van der Waals surface area contributed by atoms with E-state index in [1.54, 1.807) is 6.07 Å². The third-order valence-corrected chi connectivity index (χ3v) is 4.51. The Morgan fingerprint density at radius 2 is 2.00 bits per heavy atom. The number of rotatable bonds is 3.